The van der Waals surface area contributed by atoms with E-state index < -0.39 is 0 Å². The van der Waals surface area contributed by atoms with Gasteiger partial charge in [0.05, 0.1) is 0 Å². The van der Waals surface area contributed by atoms with Gasteiger partial charge in [0.25, 0.3) is 0 Å². The molecular formula is C21H31NO. The van der Waals surface area contributed by atoms with E-state index in [1.807, 2.05) is 6.08 Å². The monoisotopic (exact) mass is 313 g/mol. The summed E-state index contributed by atoms with van der Waals surface area (Å²) in [5.74, 6) is 12.1. The number of allylic oxidation sites excluding steroid dienone is 4. The molecule has 0 heterocycles. The minimum absolute atomic E-state index is 0.253. The molecule has 2 nitrogen and oxygen atoms in total. The standard InChI is InChI=1S/C21H31NO/c1-2-3-4-5-6-7-8-9-10-11-12-13-14-15-16-17-18-19-20-21(22)23/h7-8,13-14H,2-6,9,12,15,18-20H2,1H3,(H2,22,23)/b8-7-,14-13-. The Morgan fingerprint density at radius 3 is 2.04 bits per heavy atom. The van der Waals surface area contributed by atoms with E-state index in [0.717, 1.165) is 32.1 Å². The molecule has 2 N–H and O–H groups in total. The first kappa shape index (κ1) is 21.1. The molecule has 1 amide bonds. The van der Waals surface area contributed by atoms with Crippen molar-refractivity contribution < 1.29 is 4.79 Å². The van der Waals surface area contributed by atoms with E-state index in [2.05, 4.69) is 48.8 Å². The largest absolute Gasteiger partial charge is 0.370 e. The second-order valence-electron chi connectivity index (χ2n) is 5.43. The minimum Gasteiger partial charge on any atom is -0.370 e. The lowest BCUT2D eigenvalue weighted by Gasteiger charge is -1.93. The Balaban J connectivity index is 3.48. The Bertz CT molecular complexity index is 466. The van der Waals surface area contributed by atoms with Crippen LogP contribution >= 0.6 is 0 Å². The zero-order valence-corrected chi connectivity index (χ0v) is 14.6. The summed E-state index contributed by atoms with van der Waals surface area (Å²) in [6, 6.07) is 0. The van der Waals surface area contributed by atoms with Gasteiger partial charge in [-0.25, -0.2) is 0 Å². The van der Waals surface area contributed by atoms with E-state index >= 15 is 0 Å². The van der Waals surface area contributed by atoms with Crippen molar-refractivity contribution >= 4 is 5.91 Å². The summed E-state index contributed by atoms with van der Waals surface area (Å²) in [7, 11) is 0. The molecule has 0 unspecified atom stereocenters. The summed E-state index contributed by atoms with van der Waals surface area (Å²) in [5, 5.41) is 0. The highest BCUT2D eigenvalue weighted by molar-refractivity contribution is 5.73. The van der Waals surface area contributed by atoms with Crippen LogP contribution in [0, 0.1) is 23.7 Å². The van der Waals surface area contributed by atoms with Crippen LogP contribution in [-0.4, -0.2) is 5.91 Å². The van der Waals surface area contributed by atoms with Gasteiger partial charge in [-0.05, 0) is 19.3 Å². The van der Waals surface area contributed by atoms with Crippen molar-refractivity contribution in [2.45, 2.75) is 77.6 Å². The number of hydrogen-bond acceptors (Lipinski definition) is 1. The maximum Gasteiger partial charge on any atom is 0.217 e. The second kappa shape index (κ2) is 18.1. The van der Waals surface area contributed by atoms with E-state index in [-0.39, 0.29) is 5.91 Å². The topological polar surface area (TPSA) is 43.1 Å². The van der Waals surface area contributed by atoms with Gasteiger partial charge >= 0.3 is 0 Å². The fourth-order valence-electron chi connectivity index (χ4n) is 1.89. The molecule has 0 aliphatic carbocycles. The van der Waals surface area contributed by atoms with Crippen molar-refractivity contribution in [2.24, 2.45) is 5.73 Å². The van der Waals surface area contributed by atoms with Crippen LogP contribution in [0.5, 0.6) is 0 Å². The van der Waals surface area contributed by atoms with E-state index in [1.165, 1.54) is 32.1 Å². The van der Waals surface area contributed by atoms with E-state index in [4.69, 9.17) is 5.73 Å². The quantitative estimate of drug-likeness (QED) is 0.329. The van der Waals surface area contributed by atoms with Crippen molar-refractivity contribution in [2.75, 3.05) is 0 Å². The van der Waals surface area contributed by atoms with Crippen LogP contribution in [-0.2, 0) is 4.79 Å². The number of unbranched alkanes of at least 4 members (excludes halogenated alkanes) is 5. The first-order valence-corrected chi connectivity index (χ1v) is 8.77. The molecule has 0 saturated carbocycles. The molecular weight excluding hydrogens is 282 g/mol. The molecule has 0 rings (SSSR count). The van der Waals surface area contributed by atoms with Gasteiger partial charge in [-0.15, -0.1) is 5.92 Å². The van der Waals surface area contributed by atoms with Gasteiger partial charge in [0.15, 0.2) is 0 Å². The molecule has 126 valence electrons. The number of hydrogen-bond donors (Lipinski definition) is 1. The van der Waals surface area contributed by atoms with Crippen LogP contribution in [0.1, 0.15) is 77.6 Å². The lowest BCUT2D eigenvalue weighted by molar-refractivity contribution is -0.118. The van der Waals surface area contributed by atoms with Gasteiger partial charge in [0.1, 0.15) is 0 Å². The highest BCUT2D eigenvalue weighted by Gasteiger charge is 1.90. The summed E-state index contributed by atoms with van der Waals surface area (Å²) in [6.07, 6.45) is 19.3. The highest BCUT2D eigenvalue weighted by atomic mass is 16.1. The summed E-state index contributed by atoms with van der Waals surface area (Å²) in [4.78, 5) is 10.5. The zero-order valence-electron chi connectivity index (χ0n) is 14.6. The number of amides is 1. The molecule has 2 heteroatoms. The van der Waals surface area contributed by atoms with Gasteiger partial charge in [0, 0.05) is 32.1 Å². The summed E-state index contributed by atoms with van der Waals surface area (Å²) >= 11 is 0. The van der Waals surface area contributed by atoms with Gasteiger partial charge in [-0.1, -0.05) is 68.3 Å². The van der Waals surface area contributed by atoms with E-state index in [0.29, 0.717) is 6.42 Å². The molecule has 0 aromatic carbocycles. The molecule has 0 atom stereocenters. The second-order valence-corrected chi connectivity index (χ2v) is 5.43. The lowest BCUT2D eigenvalue weighted by atomic mass is 10.1. The fraction of sp³-hybridized carbons (Fsp3) is 0.571. The predicted molar refractivity (Wildman–Crippen MR) is 99.5 cm³/mol. The van der Waals surface area contributed by atoms with Crippen LogP contribution in [0.2, 0.25) is 0 Å². The van der Waals surface area contributed by atoms with Crippen LogP contribution in [0.3, 0.4) is 0 Å². The number of nitrogens with two attached hydrogens (primary N) is 1. The minimum atomic E-state index is -0.253. The summed E-state index contributed by atoms with van der Waals surface area (Å²) < 4.78 is 0. The maximum absolute atomic E-state index is 10.5. The fourth-order valence-corrected chi connectivity index (χ4v) is 1.89. The van der Waals surface area contributed by atoms with Crippen LogP contribution in [0.4, 0.5) is 0 Å². The predicted octanol–water partition coefficient (Wildman–Crippen LogP) is 4.90. The smallest absolute Gasteiger partial charge is 0.217 e. The van der Waals surface area contributed by atoms with Gasteiger partial charge in [0.2, 0.25) is 5.91 Å². The molecule has 0 aliphatic rings. The molecule has 0 aromatic heterocycles. The van der Waals surface area contributed by atoms with Crippen molar-refractivity contribution in [3.8, 4) is 23.7 Å². The van der Waals surface area contributed by atoms with Crippen molar-refractivity contribution in [1.82, 2.24) is 0 Å². The van der Waals surface area contributed by atoms with Crippen molar-refractivity contribution in [3.05, 3.63) is 24.3 Å². The molecule has 23 heavy (non-hydrogen) atoms. The zero-order chi connectivity index (χ0) is 17.0. The van der Waals surface area contributed by atoms with E-state index in [9.17, 15) is 4.79 Å². The third kappa shape index (κ3) is 20.1. The molecule has 0 aliphatic heterocycles. The average Bonchev–Trinajstić information content (AvgIpc) is 2.53. The molecule has 0 aromatic rings. The van der Waals surface area contributed by atoms with Crippen molar-refractivity contribution in [3.63, 3.8) is 0 Å². The Hall–Kier alpha value is -1.93. The third-order valence-corrected chi connectivity index (χ3v) is 3.19. The molecule has 0 spiro atoms. The number of primary amides is 1. The highest BCUT2D eigenvalue weighted by Crippen LogP contribution is 2.03. The Labute approximate surface area is 142 Å². The molecule has 0 bridgehead atoms. The lowest BCUT2D eigenvalue weighted by Crippen LogP contribution is -2.09. The first-order chi connectivity index (χ1) is 11.3. The van der Waals surface area contributed by atoms with Crippen LogP contribution < -0.4 is 5.73 Å². The Morgan fingerprint density at radius 1 is 0.826 bits per heavy atom. The van der Waals surface area contributed by atoms with Gasteiger partial charge in [-0.2, -0.15) is 0 Å². The normalized spacial score (nSPS) is 10.3. The molecule has 0 saturated heterocycles. The average molecular weight is 313 g/mol. The number of rotatable bonds is 11. The summed E-state index contributed by atoms with van der Waals surface area (Å²) in [6.45, 7) is 2.24. The van der Waals surface area contributed by atoms with Crippen molar-refractivity contribution in [1.29, 1.82) is 0 Å². The summed E-state index contributed by atoms with van der Waals surface area (Å²) in [5.41, 5.74) is 5.05. The number of carbonyl (C=O) groups is 1. The Morgan fingerprint density at radius 2 is 1.43 bits per heavy atom. The Kier molecular flexibility index (Phi) is 16.6. The first-order valence-electron chi connectivity index (χ1n) is 8.77. The maximum atomic E-state index is 10.5. The third-order valence-electron chi connectivity index (χ3n) is 3.19. The molecule has 0 fully saturated rings. The van der Waals surface area contributed by atoms with Crippen LogP contribution in [0.25, 0.3) is 0 Å². The SMILES string of the molecule is CCCCCC/C=C\CC#CC/C=C\CC#CCCCC(N)=O. The van der Waals surface area contributed by atoms with E-state index in [1.54, 1.807) is 0 Å². The number of carbonyl (C=O) groups excluding carboxylic acids is 1. The molecule has 0 radical (unpaired) electrons. The van der Waals surface area contributed by atoms with Gasteiger partial charge in [-0.3, -0.25) is 4.79 Å². The van der Waals surface area contributed by atoms with Gasteiger partial charge < -0.3 is 5.73 Å². The van der Waals surface area contributed by atoms with Crippen LogP contribution in [0.15, 0.2) is 24.3 Å².